The molecule has 0 spiro atoms. The van der Waals surface area contributed by atoms with Gasteiger partial charge in [0.25, 0.3) is 0 Å². The molecule has 5 heteroatoms. The molecule has 0 fully saturated rings. The number of anilines is 2. The van der Waals surface area contributed by atoms with E-state index in [0.29, 0.717) is 6.54 Å². The Balaban J connectivity index is 2.12. The maximum Gasteiger partial charge on any atom is 0.306 e. The number of ether oxygens (including phenoxy) is 1. The zero-order chi connectivity index (χ0) is 12.3. The van der Waals surface area contributed by atoms with Crippen LogP contribution in [0.5, 0.6) is 0 Å². The highest BCUT2D eigenvalue weighted by molar-refractivity contribution is 5.98. The summed E-state index contributed by atoms with van der Waals surface area (Å²) in [5.74, 6) is -0.944. The van der Waals surface area contributed by atoms with Crippen molar-refractivity contribution in [2.75, 3.05) is 24.3 Å². The van der Waals surface area contributed by atoms with Gasteiger partial charge in [-0.15, -0.1) is 0 Å². The fraction of sp³-hybridized carbons (Fsp3) is 0.333. The van der Waals surface area contributed by atoms with Gasteiger partial charge in [0, 0.05) is 6.54 Å². The molecule has 2 N–H and O–H groups in total. The Morgan fingerprint density at radius 2 is 2.12 bits per heavy atom. The molecular formula is C12H14N2O3. The number of rotatable bonds is 2. The molecule has 1 heterocycles. The van der Waals surface area contributed by atoms with Crippen molar-refractivity contribution in [3.05, 3.63) is 24.3 Å². The third-order valence-electron chi connectivity index (χ3n) is 2.74. The van der Waals surface area contributed by atoms with Crippen LogP contribution in [-0.4, -0.2) is 25.5 Å². The maximum absolute atomic E-state index is 11.9. The van der Waals surface area contributed by atoms with Gasteiger partial charge in [-0.05, 0) is 12.1 Å². The van der Waals surface area contributed by atoms with Crippen molar-refractivity contribution < 1.29 is 14.3 Å². The number of hydrogen-bond acceptors (Lipinski definition) is 4. The summed E-state index contributed by atoms with van der Waals surface area (Å²) >= 11 is 0. The Labute approximate surface area is 99.2 Å². The van der Waals surface area contributed by atoms with Crippen LogP contribution in [0.4, 0.5) is 11.4 Å². The Morgan fingerprint density at radius 3 is 2.82 bits per heavy atom. The third kappa shape index (κ3) is 2.55. The van der Waals surface area contributed by atoms with E-state index in [1.807, 2.05) is 24.3 Å². The van der Waals surface area contributed by atoms with Crippen molar-refractivity contribution in [2.45, 2.75) is 6.42 Å². The fourth-order valence-corrected chi connectivity index (χ4v) is 1.76. The summed E-state index contributed by atoms with van der Waals surface area (Å²) in [7, 11) is 1.32. The van der Waals surface area contributed by atoms with E-state index >= 15 is 0 Å². The van der Waals surface area contributed by atoms with Crippen molar-refractivity contribution in [1.82, 2.24) is 0 Å². The molecule has 0 saturated carbocycles. The molecule has 1 aromatic carbocycles. The molecule has 1 aromatic rings. The van der Waals surface area contributed by atoms with E-state index in [1.165, 1.54) is 7.11 Å². The molecule has 1 aliphatic heterocycles. The number of carbonyl (C=O) groups excluding carboxylic acids is 2. The van der Waals surface area contributed by atoms with Gasteiger partial charge in [-0.2, -0.15) is 0 Å². The highest BCUT2D eigenvalue weighted by atomic mass is 16.5. The lowest BCUT2D eigenvalue weighted by atomic mass is 10.1. The number of benzene rings is 1. The molecule has 1 amide bonds. The Hall–Kier alpha value is -2.04. The number of amides is 1. The normalized spacial score (nSPS) is 18.4. The van der Waals surface area contributed by atoms with Crippen LogP contribution in [0.2, 0.25) is 0 Å². The lowest BCUT2D eigenvalue weighted by Gasteiger charge is -2.11. The van der Waals surface area contributed by atoms with Crippen LogP contribution in [0.3, 0.4) is 0 Å². The van der Waals surface area contributed by atoms with Gasteiger partial charge >= 0.3 is 5.97 Å². The van der Waals surface area contributed by atoms with Crippen molar-refractivity contribution in [3.8, 4) is 0 Å². The standard InChI is InChI=1S/C12H14N2O3/c1-17-11(15)6-8-7-13-9-4-2-3-5-10(9)14-12(8)16/h2-5,8,13H,6-7H2,1H3,(H,14,16)/t8-/m1/s1. The number of methoxy groups -OCH3 is 1. The maximum atomic E-state index is 11.9. The topological polar surface area (TPSA) is 67.4 Å². The zero-order valence-electron chi connectivity index (χ0n) is 9.53. The average Bonchev–Trinajstić information content (AvgIpc) is 2.49. The third-order valence-corrected chi connectivity index (χ3v) is 2.74. The van der Waals surface area contributed by atoms with Crippen LogP contribution in [0.25, 0.3) is 0 Å². The summed E-state index contributed by atoms with van der Waals surface area (Å²) in [6.45, 7) is 0.429. The molecule has 17 heavy (non-hydrogen) atoms. The molecule has 2 rings (SSSR count). The molecule has 0 bridgehead atoms. The van der Waals surface area contributed by atoms with E-state index in [4.69, 9.17) is 0 Å². The molecule has 0 saturated heterocycles. The Morgan fingerprint density at radius 1 is 1.41 bits per heavy atom. The van der Waals surface area contributed by atoms with E-state index < -0.39 is 5.92 Å². The number of carbonyl (C=O) groups is 2. The first-order valence-electron chi connectivity index (χ1n) is 5.41. The first-order valence-corrected chi connectivity index (χ1v) is 5.41. The van der Waals surface area contributed by atoms with Gasteiger partial charge in [0.15, 0.2) is 0 Å². The van der Waals surface area contributed by atoms with Gasteiger partial charge in [-0.1, -0.05) is 12.1 Å². The van der Waals surface area contributed by atoms with E-state index in [9.17, 15) is 9.59 Å². The number of fused-ring (bicyclic) bond motifs is 1. The lowest BCUT2D eigenvalue weighted by molar-refractivity contribution is -0.143. The summed E-state index contributed by atoms with van der Waals surface area (Å²) in [4.78, 5) is 23.1. The molecule has 0 radical (unpaired) electrons. The fourth-order valence-electron chi connectivity index (χ4n) is 1.76. The largest absolute Gasteiger partial charge is 0.469 e. The van der Waals surface area contributed by atoms with Gasteiger partial charge in [-0.25, -0.2) is 0 Å². The smallest absolute Gasteiger partial charge is 0.306 e. The predicted octanol–water partition coefficient (Wildman–Crippen LogP) is 1.23. The van der Waals surface area contributed by atoms with Gasteiger partial charge < -0.3 is 15.4 Å². The second kappa shape index (κ2) is 4.86. The lowest BCUT2D eigenvalue weighted by Crippen LogP contribution is -2.28. The average molecular weight is 234 g/mol. The summed E-state index contributed by atoms with van der Waals surface area (Å²) < 4.78 is 4.57. The minimum atomic E-state index is -0.408. The Bertz CT molecular complexity index is 445. The van der Waals surface area contributed by atoms with Gasteiger partial charge in [0.2, 0.25) is 5.91 Å². The van der Waals surface area contributed by atoms with Gasteiger partial charge in [0.05, 0.1) is 30.8 Å². The number of hydrogen-bond donors (Lipinski definition) is 2. The van der Waals surface area contributed by atoms with Crippen molar-refractivity contribution >= 4 is 23.3 Å². The van der Waals surface area contributed by atoms with Crippen LogP contribution >= 0.6 is 0 Å². The van der Waals surface area contributed by atoms with Gasteiger partial charge in [-0.3, -0.25) is 9.59 Å². The molecule has 0 aliphatic carbocycles. The molecular weight excluding hydrogens is 220 g/mol. The molecule has 0 aromatic heterocycles. The van der Waals surface area contributed by atoms with Crippen LogP contribution in [0, 0.1) is 5.92 Å². The molecule has 0 unspecified atom stereocenters. The molecule has 90 valence electrons. The minimum Gasteiger partial charge on any atom is -0.469 e. The van der Waals surface area contributed by atoms with Crippen LogP contribution in [-0.2, 0) is 14.3 Å². The first kappa shape index (κ1) is 11.4. The highest BCUT2D eigenvalue weighted by Gasteiger charge is 2.25. The predicted molar refractivity (Wildman–Crippen MR) is 63.7 cm³/mol. The van der Waals surface area contributed by atoms with Crippen LogP contribution < -0.4 is 10.6 Å². The monoisotopic (exact) mass is 234 g/mol. The molecule has 1 atom stereocenters. The minimum absolute atomic E-state index is 0.0866. The Kier molecular flexibility index (Phi) is 3.27. The summed E-state index contributed by atoms with van der Waals surface area (Å²) in [5, 5.41) is 5.94. The number of para-hydroxylation sites is 2. The van der Waals surface area contributed by atoms with E-state index in [2.05, 4.69) is 15.4 Å². The highest BCUT2D eigenvalue weighted by Crippen LogP contribution is 2.25. The van der Waals surface area contributed by atoms with E-state index in [-0.39, 0.29) is 18.3 Å². The van der Waals surface area contributed by atoms with Crippen molar-refractivity contribution in [3.63, 3.8) is 0 Å². The van der Waals surface area contributed by atoms with E-state index in [1.54, 1.807) is 0 Å². The van der Waals surface area contributed by atoms with Crippen LogP contribution in [0.1, 0.15) is 6.42 Å². The zero-order valence-corrected chi connectivity index (χ0v) is 9.53. The second-order valence-electron chi connectivity index (χ2n) is 3.89. The summed E-state index contributed by atoms with van der Waals surface area (Å²) in [5.41, 5.74) is 1.61. The molecule has 5 nitrogen and oxygen atoms in total. The second-order valence-corrected chi connectivity index (χ2v) is 3.89. The quantitative estimate of drug-likeness (QED) is 0.755. The first-order chi connectivity index (χ1) is 8.20. The molecule has 1 aliphatic rings. The van der Waals surface area contributed by atoms with Crippen molar-refractivity contribution in [1.29, 1.82) is 0 Å². The van der Waals surface area contributed by atoms with E-state index in [0.717, 1.165) is 11.4 Å². The SMILES string of the molecule is COC(=O)C[C@@H]1CNc2ccccc2NC1=O. The summed E-state index contributed by atoms with van der Waals surface area (Å²) in [6, 6.07) is 7.44. The number of esters is 1. The summed E-state index contributed by atoms with van der Waals surface area (Å²) in [6.07, 6.45) is 0.0866. The van der Waals surface area contributed by atoms with Crippen LogP contribution in [0.15, 0.2) is 24.3 Å². The number of nitrogens with one attached hydrogen (secondary N) is 2. The van der Waals surface area contributed by atoms with Crippen molar-refractivity contribution in [2.24, 2.45) is 5.92 Å². The van der Waals surface area contributed by atoms with Gasteiger partial charge in [0.1, 0.15) is 0 Å².